The largest absolute Gasteiger partial charge is 0.399 e. The van der Waals surface area contributed by atoms with Gasteiger partial charge in [-0.15, -0.1) is 12.4 Å². The second-order valence-corrected chi connectivity index (χ2v) is 6.85. The number of aryl methyl sites for hydroxylation is 1. The predicted octanol–water partition coefficient (Wildman–Crippen LogP) is 2.38. The third kappa shape index (κ3) is 4.41. The van der Waals surface area contributed by atoms with Gasteiger partial charge in [-0.1, -0.05) is 6.07 Å². The molecule has 1 atom stereocenters. The minimum absolute atomic E-state index is 0. The lowest BCUT2D eigenvalue weighted by atomic mass is 9.96. The van der Waals surface area contributed by atoms with Gasteiger partial charge in [0.25, 0.3) is 5.91 Å². The topological polar surface area (TPSA) is 75.4 Å². The minimum Gasteiger partial charge on any atom is -0.399 e. The van der Waals surface area contributed by atoms with Crippen LogP contribution >= 0.6 is 12.4 Å². The number of benzene rings is 1. The van der Waals surface area contributed by atoms with Crippen molar-refractivity contribution in [3.8, 4) is 0 Å². The van der Waals surface area contributed by atoms with Crippen molar-refractivity contribution in [1.29, 1.82) is 0 Å². The van der Waals surface area contributed by atoms with Crippen LogP contribution in [0.25, 0.3) is 0 Å². The van der Waals surface area contributed by atoms with Gasteiger partial charge in [0.1, 0.15) is 0 Å². The summed E-state index contributed by atoms with van der Waals surface area (Å²) in [6, 6.07) is 5.40. The molecular weight excluding hydrogens is 326 g/mol. The van der Waals surface area contributed by atoms with Gasteiger partial charge in [0.05, 0.1) is 5.92 Å². The van der Waals surface area contributed by atoms with E-state index in [-0.39, 0.29) is 30.1 Å². The molecule has 5 nitrogen and oxygen atoms in total. The van der Waals surface area contributed by atoms with Gasteiger partial charge in [-0.3, -0.25) is 9.59 Å². The molecule has 132 valence electrons. The van der Waals surface area contributed by atoms with Crippen LogP contribution in [0.4, 0.5) is 5.69 Å². The molecular formula is C18H26ClN3O2. The zero-order valence-corrected chi connectivity index (χ0v) is 14.9. The molecule has 0 radical (unpaired) electrons. The smallest absolute Gasteiger partial charge is 0.254 e. The van der Waals surface area contributed by atoms with Gasteiger partial charge in [-0.2, -0.15) is 0 Å². The van der Waals surface area contributed by atoms with Gasteiger partial charge >= 0.3 is 0 Å². The van der Waals surface area contributed by atoms with Crippen molar-refractivity contribution in [1.82, 2.24) is 10.2 Å². The highest BCUT2D eigenvalue weighted by molar-refractivity contribution is 5.97. The predicted molar refractivity (Wildman–Crippen MR) is 97.2 cm³/mol. The summed E-state index contributed by atoms with van der Waals surface area (Å²) in [5.74, 6) is 0.663. The highest BCUT2D eigenvalue weighted by Gasteiger charge is 2.30. The fourth-order valence-electron chi connectivity index (χ4n) is 3.13. The van der Waals surface area contributed by atoms with Crippen LogP contribution in [0.15, 0.2) is 18.2 Å². The molecule has 0 aromatic heterocycles. The second-order valence-electron chi connectivity index (χ2n) is 6.85. The molecule has 1 heterocycles. The van der Waals surface area contributed by atoms with Crippen LogP contribution < -0.4 is 11.1 Å². The van der Waals surface area contributed by atoms with E-state index in [0.29, 0.717) is 30.3 Å². The monoisotopic (exact) mass is 351 g/mol. The van der Waals surface area contributed by atoms with Crippen molar-refractivity contribution in [2.45, 2.75) is 32.6 Å². The van der Waals surface area contributed by atoms with Crippen molar-refractivity contribution in [2.24, 2.45) is 11.8 Å². The van der Waals surface area contributed by atoms with Gasteiger partial charge in [-0.25, -0.2) is 0 Å². The molecule has 1 aromatic carbocycles. The number of hydrogen-bond acceptors (Lipinski definition) is 3. The Balaban J connectivity index is 0.00000208. The molecule has 2 aliphatic rings. The number of halogens is 1. The molecule has 3 N–H and O–H groups in total. The summed E-state index contributed by atoms with van der Waals surface area (Å²) >= 11 is 0. The van der Waals surface area contributed by atoms with Crippen molar-refractivity contribution in [2.75, 3.05) is 25.4 Å². The van der Waals surface area contributed by atoms with Crippen LogP contribution in [-0.2, 0) is 4.79 Å². The fourth-order valence-corrected chi connectivity index (χ4v) is 3.13. The number of carbonyl (C=O) groups excluding carboxylic acids is 2. The molecule has 1 aliphatic heterocycles. The average molecular weight is 352 g/mol. The Labute approximate surface area is 149 Å². The third-order valence-electron chi connectivity index (χ3n) is 4.83. The Morgan fingerprint density at radius 3 is 2.75 bits per heavy atom. The first-order valence-corrected chi connectivity index (χ1v) is 8.47. The Morgan fingerprint density at radius 1 is 1.29 bits per heavy atom. The number of carbonyl (C=O) groups is 2. The first-order chi connectivity index (χ1) is 11.0. The maximum atomic E-state index is 12.8. The van der Waals surface area contributed by atoms with Crippen LogP contribution in [0, 0.1) is 18.8 Å². The van der Waals surface area contributed by atoms with Crippen LogP contribution in [0.5, 0.6) is 0 Å². The van der Waals surface area contributed by atoms with Gasteiger partial charge < -0.3 is 16.0 Å². The number of nitrogens with one attached hydrogen (secondary N) is 1. The fraction of sp³-hybridized carbons (Fsp3) is 0.556. The maximum Gasteiger partial charge on any atom is 0.254 e. The number of nitrogen functional groups attached to an aromatic ring is 1. The molecule has 2 amide bonds. The second kappa shape index (κ2) is 7.88. The van der Waals surface area contributed by atoms with E-state index >= 15 is 0 Å². The number of hydrogen-bond donors (Lipinski definition) is 2. The highest BCUT2D eigenvalue weighted by Crippen LogP contribution is 2.28. The summed E-state index contributed by atoms with van der Waals surface area (Å²) in [4.78, 5) is 26.8. The summed E-state index contributed by atoms with van der Waals surface area (Å²) in [6.07, 6.45) is 4.18. The normalized spacial score (nSPS) is 20.2. The maximum absolute atomic E-state index is 12.8. The highest BCUT2D eigenvalue weighted by atomic mass is 35.5. The summed E-state index contributed by atoms with van der Waals surface area (Å²) in [6.45, 7) is 3.91. The van der Waals surface area contributed by atoms with Crippen molar-refractivity contribution in [3.63, 3.8) is 0 Å². The molecule has 1 saturated heterocycles. The Hall–Kier alpha value is -1.75. The van der Waals surface area contributed by atoms with E-state index in [1.165, 1.54) is 12.8 Å². The lowest BCUT2D eigenvalue weighted by Gasteiger charge is -2.32. The van der Waals surface area contributed by atoms with E-state index in [9.17, 15) is 9.59 Å². The Morgan fingerprint density at radius 2 is 2.04 bits per heavy atom. The van der Waals surface area contributed by atoms with Gasteiger partial charge in [-0.05, 0) is 56.2 Å². The molecule has 0 spiro atoms. The van der Waals surface area contributed by atoms with E-state index < -0.39 is 0 Å². The van der Waals surface area contributed by atoms with E-state index in [2.05, 4.69) is 5.32 Å². The summed E-state index contributed by atoms with van der Waals surface area (Å²) in [5.41, 5.74) is 7.97. The first-order valence-electron chi connectivity index (χ1n) is 8.47. The minimum atomic E-state index is -0.0900. The van der Waals surface area contributed by atoms with Crippen molar-refractivity contribution >= 4 is 29.9 Å². The number of likely N-dealkylation sites (tertiary alicyclic amines) is 1. The molecule has 3 rings (SSSR count). The van der Waals surface area contributed by atoms with E-state index in [4.69, 9.17) is 5.73 Å². The average Bonchev–Trinajstić information content (AvgIpc) is 3.38. The van der Waals surface area contributed by atoms with Gasteiger partial charge in [0.15, 0.2) is 0 Å². The molecule has 1 saturated carbocycles. The molecule has 0 bridgehead atoms. The Bertz CT molecular complexity index is 616. The zero-order chi connectivity index (χ0) is 16.4. The number of rotatable bonds is 4. The van der Waals surface area contributed by atoms with E-state index in [1.807, 2.05) is 13.0 Å². The summed E-state index contributed by atoms with van der Waals surface area (Å²) in [7, 11) is 0. The summed E-state index contributed by atoms with van der Waals surface area (Å²) < 4.78 is 0. The van der Waals surface area contributed by atoms with Gasteiger partial charge in [0.2, 0.25) is 5.91 Å². The van der Waals surface area contributed by atoms with Crippen molar-refractivity contribution < 1.29 is 9.59 Å². The van der Waals surface area contributed by atoms with Crippen LogP contribution in [0.3, 0.4) is 0 Å². The van der Waals surface area contributed by atoms with Crippen LogP contribution in [0.2, 0.25) is 0 Å². The Kier molecular flexibility index (Phi) is 6.10. The third-order valence-corrected chi connectivity index (χ3v) is 4.83. The molecule has 2 fully saturated rings. The van der Waals surface area contributed by atoms with Crippen LogP contribution in [0.1, 0.15) is 41.6 Å². The molecule has 6 heteroatoms. The van der Waals surface area contributed by atoms with Crippen molar-refractivity contribution in [3.05, 3.63) is 29.3 Å². The lowest BCUT2D eigenvalue weighted by molar-refractivity contribution is -0.126. The molecule has 1 aliphatic carbocycles. The van der Waals surface area contributed by atoms with E-state index in [1.54, 1.807) is 17.0 Å². The number of piperidine rings is 1. The molecule has 1 aromatic rings. The summed E-state index contributed by atoms with van der Waals surface area (Å²) in [5, 5.41) is 3.04. The molecule has 1 unspecified atom stereocenters. The number of nitrogens with two attached hydrogens (primary N) is 1. The SMILES string of the molecule is Cc1ccc(N)cc1C(=O)N1CCCC(C(=O)NCC2CC2)C1.Cl. The van der Waals surface area contributed by atoms with Gasteiger partial charge in [0, 0.05) is 30.9 Å². The van der Waals surface area contributed by atoms with E-state index in [0.717, 1.165) is 24.9 Å². The lowest BCUT2D eigenvalue weighted by Crippen LogP contribution is -2.45. The first kappa shape index (κ1) is 18.6. The number of nitrogens with zero attached hydrogens (tertiary/aromatic N) is 1. The number of amides is 2. The standard InChI is InChI=1S/C18H25N3O2.ClH/c1-12-4-7-15(19)9-16(12)18(23)21-8-2-3-14(11-21)17(22)20-10-13-5-6-13;/h4,7,9,13-14H,2-3,5-6,8,10-11,19H2,1H3,(H,20,22);1H. The van der Waals surface area contributed by atoms with Crippen LogP contribution in [-0.4, -0.2) is 36.3 Å². The number of anilines is 1. The molecule has 24 heavy (non-hydrogen) atoms. The quantitative estimate of drug-likeness (QED) is 0.818. The zero-order valence-electron chi connectivity index (χ0n) is 14.1.